The van der Waals surface area contributed by atoms with Crippen molar-refractivity contribution in [1.29, 1.82) is 0 Å². The number of benzene rings is 1. The van der Waals surface area contributed by atoms with Crippen molar-refractivity contribution >= 4 is 11.7 Å². The Kier molecular flexibility index (Phi) is 4.16. The Balaban J connectivity index is 2.72. The van der Waals surface area contributed by atoms with Crippen LogP contribution in [-0.2, 0) is 0 Å². The van der Waals surface area contributed by atoms with Crippen LogP contribution in [0.4, 0.5) is 10.5 Å². The summed E-state index contributed by atoms with van der Waals surface area (Å²) in [5, 5.41) is 2.84. The monoisotopic (exact) mass is 206 g/mol. The molecule has 0 spiro atoms. The minimum Gasteiger partial charge on any atom is -0.338 e. The van der Waals surface area contributed by atoms with Crippen LogP contribution in [0, 0.1) is 6.92 Å². The van der Waals surface area contributed by atoms with Crippen LogP contribution in [0.15, 0.2) is 24.3 Å². The van der Waals surface area contributed by atoms with Gasteiger partial charge in [0.25, 0.3) is 0 Å². The quantitative estimate of drug-likeness (QED) is 0.810. The third-order valence-corrected chi connectivity index (χ3v) is 2.31. The number of aryl methyl sites for hydroxylation is 1. The molecule has 0 saturated heterocycles. The van der Waals surface area contributed by atoms with E-state index in [1.807, 2.05) is 38.1 Å². The molecule has 0 unspecified atom stereocenters. The summed E-state index contributed by atoms with van der Waals surface area (Å²) in [6.45, 7) is 4.75. The molecule has 1 aromatic rings. The summed E-state index contributed by atoms with van der Waals surface area (Å²) in [7, 11) is 1.79. The van der Waals surface area contributed by atoms with Crippen LogP contribution in [0.5, 0.6) is 0 Å². The highest BCUT2D eigenvalue weighted by molar-refractivity contribution is 5.92. The second-order valence-corrected chi connectivity index (χ2v) is 3.58. The molecule has 0 atom stereocenters. The van der Waals surface area contributed by atoms with Gasteiger partial charge in [0.05, 0.1) is 0 Å². The van der Waals surface area contributed by atoms with E-state index in [1.165, 1.54) is 0 Å². The van der Waals surface area contributed by atoms with Crippen LogP contribution in [0.25, 0.3) is 0 Å². The number of anilines is 1. The Morgan fingerprint density at radius 1 is 1.40 bits per heavy atom. The van der Waals surface area contributed by atoms with Crippen molar-refractivity contribution in [2.45, 2.75) is 20.3 Å². The first-order valence-electron chi connectivity index (χ1n) is 5.24. The van der Waals surface area contributed by atoms with Gasteiger partial charge < -0.3 is 5.32 Å². The molecule has 0 aliphatic carbocycles. The van der Waals surface area contributed by atoms with Crippen molar-refractivity contribution in [1.82, 2.24) is 5.32 Å². The smallest absolute Gasteiger partial charge is 0.321 e. The standard InChI is InChI=1S/C12H18N2O/c1-4-9-13-12(15)14(3)11-8-6-5-7-10(11)2/h5-8H,4,9H2,1-3H3,(H,13,15). The first kappa shape index (κ1) is 11.6. The minimum atomic E-state index is -0.0499. The van der Waals surface area contributed by atoms with E-state index in [4.69, 9.17) is 0 Å². The lowest BCUT2D eigenvalue weighted by atomic mass is 10.2. The second kappa shape index (κ2) is 5.39. The fraction of sp³-hybridized carbons (Fsp3) is 0.417. The average Bonchev–Trinajstić information content (AvgIpc) is 2.25. The Morgan fingerprint density at radius 2 is 2.07 bits per heavy atom. The molecule has 1 N–H and O–H groups in total. The van der Waals surface area contributed by atoms with Crippen molar-refractivity contribution in [3.05, 3.63) is 29.8 Å². The summed E-state index contributed by atoms with van der Waals surface area (Å²) in [6.07, 6.45) is 0.952. The number of carbonyl (C=O) groups excluding carboxylic acids is 1. The maximum Gasteiger partial charge on any atom is 0.321 e. The minimum absolute atomic E-state index is 0.0499. The molecule has 0 heterocycles. The SMILES string of the molecule is CCCNC(=O)N(C)c1ccccc1C. The molecule has 2 amide bonds. The van der Waals surface area contributed by atoms with Gasteiger partial charge in [-0.3, -0.25) is 4.90 Å². The van der Waals surface area contributed by atoms with Crippen LogP contribution in [0.1, 0.15) is 18.9 Å². The van der Waals surface area contributed by atoms with Crippen LogP contribution in [-0.4, -0.2) is 19.6 Å². The van der Waals surface area contributed by atoms with Crippen molar-refractivity contribution in [3.8, 4) is 0 Å². The normalized spacial score (nSPS) is 9.80. The molecule has 0 bridgehead atoms. The maximum atomic E-state index is 11.7. The zero-order valence-corrected chi connectivity index (χ0v) is 9.58. The summed E-state index contributed by atoms with van der Waals surface area (Å²) >= 11 is 0. The van der Waals surface area contributed by atoms with Gasteiger partial charge in [-0.25, -0.2) is 4.79 Å². The number of para-hydroxylation sites is 1. The van der Waals surface area contributed by atoms with E-state index in [0.29, 0.717) is 0 Å². The molecule has 3 nitrogen and oxygen atoms in total. The third-order valence-electron chi connectivity index (χ3n) is 2.31. The van der Waals surface area contributed by atoms with Gasteiger partial charge in [0, 0.05) is 19.3 Å². The van der Waals surface area contributed by atoms with Gasteiger partial charge in [-0.2, -0.15) is 0 Å². The topological polar surface area (TPSA) is 32.3 Å². The average molecular weight is 206 g/mol. The van der Waals surface area contributed by atoms with Gasteiger partial charge in [-0.15, -0.1) is 0 Å². The lowest BCUT2D eigenvalue weighted by Gasteiger charge is -2.19. The van der Waals surface area contributed by atoms with Gasteiger partial charge >= 0.3 is 6.03 Å². The Labute approximate surface area is 91.1 Å². The predicted molar refractivity (Wildman–Crippen MR) is 63.3 cm³/mol. The first-order chi connectivity index (χ1) is 7.16. The third kappa shape index (κ3) is 2.98. The number of amides is 2. The molecule has 0 aromatic heterocycles. The van der Waals surface area contributed by atoms with E-state index in [-0.39, 0.29) is 6.03 Å². The highest BCUT2D eigenvalue weighted by atomic mass is 16.2. The molecule has 0 fully saturated rings. The van der Waals surface area contributed by atoms with Crippen LogP contribution < -0.4 is 10.2 Å². The summed E-state index contributed by atoms with van der Waals surface area (Å²) < 4.78 is 0. The number of urea groups is 1. The number of carbonyl (C=O) groups is 1. The van der Waals surface area contributed by atoms with E-state index >= 15 is 0 Å². The van der Waals surface area contributed by atoms with E-state index in [0.717, 1.165) is 24.2 Å². The maximum absolute atomic E-state index is 11.7. The van der Waals surface area contributed by atoms with Crippen molar-refractivity contribution in [2.24, 2.45) is 0 Å². The van der Waals surface area contributed by atoms with Crippen LogP contribution >= 0.6 is 0 Å². The van der Waals surface area contributed by atoms with Gasteiger partial charge in [0.15, 0.2) is 0 Å². The fourth-order valence-electron chi connectivity index (χ4n) is 1.40. The molecular formula is C12H18N2O. The molecule has 0 aliphatic rings. The Morgan fingerprint density at radius 3 is 2.67 bits per heavy atom. The molecule has 0 radical (unpaired) electrons. The highest BCUT2D eigenvalue weighted by Gasteiger charge is 2.10. The molecule has 1 rings (SSSR count). The van der Waals surface area contributed by atoms with Crippen LogP contribution in [0.3, 0.4) is 0 Å². The van der Waals surface area contributed by atoms with Gasteiger partial charge in [-0.1, -0.05) is 25.1 Å². The van der Waals surface area contributed by atoms with Crippen molar-refractivity contribution in [2.75, 3.05) is 18.5 Å². The number of hydrogen-bond acceptors (Lipinski definition) is 1. The summed E-state index contributed by atoms with van der Waals surface area (Å²) in [4.78, 5) is 13.3. The largest absolute Gasteiger partial charge is 0.338 e. The summed E-state index contributed by atoms with van der Waals surface area (Å²) in [5.74, 6) is 0. The Hall–Kier alpha value is -1.51. The first-order valence-corrected chi connectivity index (χ1v) is 5.24. The molecule has 1 aromatic carbocycles. The number of rotatable bonds is 3. The van der Waals surface area contributed by atoms with E-state index in [1.54, 1.807) is 11.9 Å². The lowest BCUT2D eigenvalue weighted by Crippen LogP contribution is -2.37. The fourth-order valence-corrected chi connectivity index (χ4v) is 1.40. The molecule has 3 heteroatoms. The lowest BCUT2D eigenvalue weighted by molar-refractivity contribution is 0.247. The summed E-state index contributed by atoms with van der Waals surface area (Å²) in [6, 6.07) is 7.80. The molecule has 15 heavy (non-hydrogen) atoms. The van der Waals surface area contributed by atoms with Crippen molar-refractivity contribution in [3.63, 3.8) is 0 Å². The van der Waals surface area contributed by atoms with Gasteiger partial charge in [0.2, 0.25) is 0 Å². The molecule has 0 saturated carbocycles. The van der Waals surface area contributed by atoms with Crippen LogP contribution in [0.2, 0.25) is 0 Å². The van der Waals surface area contributed by atoms with Gasteiger partial charge in [0.1, 0.15) is 0 Å². The van der Waals surface area contributed by atoms with E-state index < -0.39 is 0 Å². The van der Waals surface area contributed by atoms with Crippen molar-refractivity contribution < 1.29 is 4.79 Å². The second-order valence-electron chi connectivity index (χ2n) is 3.58. The molecule has 0 aliphatic heterocycles. The summed E-state index contributed by atoms with van der Waals surface area (Å²) in [5.41, 5.74) is 2.05. The Bertz CT molecular complexity index is 336. The van der Waals surface area contributed by atoms with E-state index in [2.05, 4.69) is 5.32 Å². The van der Waals surface area contributed by atoms with E-state index in [9.17, 15) is 4.79 Å². The number of nitrogens with zero attached hydrogens (tertiary/aromatic N) is 1. The zero-order chi connectivity index (χ0) is 11.3. The zero-order valence-electron chi connectivity index (χ0n) is 9.58. The molecule has 82 valence electrons. The molecular weight excluding hydrogens is 188 g/mol. The number of nitrogens with one attached hydrogen (secondary N) is 1. The number of hydrogen-bond donors (Lipinski definition) is 1. The highest BCUT2D eigenvalue weighted by Crippen LogP contribution is 2.17. The predicted octanol–water partition coefficient (Wildman–Crippen LogP) is 2.55. The van der Waals surface area contributed by atoms with Gasteiger partial charge in [-0.05, 0) is 25.0 Å².